The monoisotopic (exact) mass is 518 g/mol. The van der Waals surface area contributed by atoms with E-state index in [2.05, 4.69) is 47.2 Å². The van der Waals surface area contributed by atoms with E-state index in [0.29, 0.717) is 40.4 Å². The van der Waals surface area contributed by atoms with E-state index >= 15 is 0 Å². The molecular weight excluding hydrogens is 492 g/mol. The highest BCUT2D eigenvalue weighted by atomic mass is 79.9. The molecule has 1 N–H and O–H groups in total. The highest BCUT2D eigenvalue weighted by molar-refractivity contribution is 9.10. The van der Waals surface area contributed by atoms with Crippen LogP contribution in [0.15, 0.2) is 64.6 Å². The quantitative estimate of drug-likeness (QED) is 0.260. The summed E-state index contributed by atoms with van der Waals surface area (Å²) in [7, 11) is 0. The Bertz CT molecular complexity index is 1280. The van der Waals surface area contributed by atoms with E-state index in [-0.39, 0.29) is 5.57 Å². The SMILES string of the molecule is CCOc1cc(/C=C(\C#N)C(=O)Nc2ccccc2C)cc(Br)c1OCc1ccc(C)c(C)c1. The van der Waals surface area contributed by atoms with Crippen LogP contribution in [0.2, 0.25) is 0 Å². The summed E-state index contributed by atoms with van der Waals surface area (Å²) < 4.78 is 12.6. The number of hydrogen-bond acceptors (Lipinski definition) is 4. The molecule has 174 valence electrons. The fraction of sp³-hybridized carbons (Fsp3) is 0.214. The van der Waals surface area contributed by atoms with E-state index in [9.17, 15) is 10.1 Å². The Hall–Kier alpha value is -3.56. The van der Waals surface area contributed by atoms with Crippen LogP contribution in [0.4, 0.5) is 5.69 Å². The Kier molecular flexibility index (Phi) is 8.50. The molecule has 1 amide bonds. The van der Waals surface area contributed by atoms with Crippen molar-refractivity contribution < 1.29 is 14.3 Å². The van der Waals surface area contributed by atoms with Crippen LogP contribution in [0.1, 0.15) is 34.7 Å². The van der Waals surface area contributed by atoms with Crippen molar-refractivity contribution in [1.29, 1.82) is 5.26 Å². The van der Waals surface area contributed by atoms with Crippen LogP contribution in [0.3, 0.4) is 0 Å². The van der Waals surface area contributed by atoms with Crippen molar-refractivity contribution in [3.8, 4) is 17.6 Å². The Morgan fingerprint density at radius 2 is 1.79 bits per heavy atom. The molecule has 0 radical (unpaired) electrons. The Balaban J connectivity index is 1.86. The van der Waals surface area contributed by atoms with Crippen LogP contribution in [0.5, 0.6) is 11.5 Å². The van der Waals surface area contributed by atoms with Crippen molar-refractivity contribution >= 4 is 33.6 Å². The van der Waals surface area contributed by atoms with Gasteiger partial charge in [0, 0.05) is 5.69 Å². The zero-order chi connectivity index (χ0) is 24.7. The summed E-state index contributed by atoms with van der Waals surface area (Å²) in [6.07, 6.45) is 1.54. The summed E-state index contributed by atoms with van der Waals surface area (Å²) in [5.41, 5.74) is 5.71. The van der Waals surface area contributed by atoms with Crippen molar-refractivity contribution in [2.24, 2.45) is 0 Å². The van der Waals surface area contributed by atoms with Gasteiger partial charge >= 0.3 is 0 Å². The Morgan fingerprint density at radius 1 is 1.03 bits per heavy atom. The first kappa shape index (κ1) is 25.1. The van der Waals surface area contributed by atoms with Gasteiger partial charge in [-0.1, -0.05) is 36.4 Å². The maximum atomic E-state index is 12.7. The minimum Gasteiger partial charge on any atom is -0.490 e. The van der Waals surface area contributed by atoms with Gasteiger partial charge in [0.15, 0.2) is 11.5 Å². The number of anilines is 1. The lowest BCUT2D eigenvalue weighted by Crippen LogP contribution is -2.14. The number of ether oxygens (including phenoxy) is 2. The lowest BCUT2D eigenvalue weighted by Gasteiger charge is -2.15. The van der Waals surface area contributed by atoms with Gasteiger partial charge in [0.2, 0.25) is 0 Å². The molecule has 0 aliphatic rings. The van der Waals surface area contributed by atoms with Gasteiger partial charge in [0.1, 0.15) is 18.2 Å². The number of nitriles is 1. The number of nitrogens with one attached hydrogen (secondary N) is 1. The maximum Gasteiger partial charge on any atom is 0.266 e. The molecule has 0 saturated heterocycles. The van der Waals surface area contributed by atoms with Gasteiger partial charge in [0.05, 0.1) is 11.1 Å². The van der Waals surface area contributed by atoms with Crippen molar-refractivity contribution in [2.45, 2.75) is 34.3 Å². The van der Waals surface area contributed by atoms with Crippen LogP contribution in [0, 0.1) is 32.1 Å². The number of nitrogens with zero attached hydrogens (tertiary/aromatic N) is 1. The topological polar surface area (TPSA) is 71.3 Å². The van der Waals surface area contributed by atoms with Crippen LogP contribution in [-0.2, 0) is 11.4 Å². The largest absolute Gasteiger partial charge is 0.490 e. The highest BCUT2D eigenvalue weighted by Crippen LogP contribution is 2.38. The molecule has 0 bridgehead atoms. The van der Waals surface area contributed by atoms with Crippen LogP contribution in [0.25, 0.3) is 6.08 Å². The molecule has 0 spiro atoms. The normalized spacial score (nSPS) is 11.0. The smallest absolute Gasteiger partial charge is 0.266 e. The van der Waals surface area contributed by atoms with Crippen LogP contribution < -0.4 is 14.8 Å². The molecule has 0 saturated carbocycles. The number of hydrogen-bond donors (Lipinski definition) is 1. The third-order valence-corrected chi connectivity index (χ3v) is 5.94. The molecule has 0 aromatic heterocycles. The fourth-order valence-electron chi connectivity index (χ4n) is 3.34. The highest BCUT2D eigenvalue weighted by Gasteiger charge is 2.15. The minimum atomic E-state index is -0.471. The number of carbonyl (C=O) groups is 1. The molecule has 0 aliphatic carbocycles. The second-order valence-corrected chi connectivity index (χ2v) is 8.76. The maximum absolute atomic E-state index is 12.7. The number of aryl methyl sites for hydroxylation is 3. The average molecular weight is 519 g/mol. The third-order valence-electron chi connectivity index (χ3n) is 5.36. The number of halogens is 1. The first-order valence-corrected chi connectivity index (χ1v) is 11.8. The molecular formula is C28H27BrN2O3. The van der Waals surface area contributed by atoms with Crippen molar-refractivity contribution in [1.82, 2.24) is 0 Å². The summed E-state index contributed by atoms with van der Waals surface area (Å²) in [6, 6.07) is 19.2. The van der Waals surface area contributed by atoms with E-state index in [0.717, 1.165) is 11.1 Å². The van der Waals surface area contributed by atoms with E-state index < -0.39 is 5.91 Å². The van der Waals surface area contributed by atoms with Gasteiger partial charge in [-0.15, -0.1) is 0 Å². The molecule has 0 heterocycles. The number of para-hydroxylation sites is 1. The lowest BCUT2D eigenvalue weighted by atomic mass is 10.1. The molecule has 0 aliphatic heterocycles. The van der Waals surface area contributed by atoms with Gasteiger partial charge in [-0.05, 0) is 95.7 Å². The van der Waals surface area contributed by atoms with Crippen LogP contribution >= 0.6 is 15.9 Å². The van der Waals surface area contributed by atoms with Gasteiger partial charge in [-0.2, -0.15) is 5.26 Å². The third kappa shape index (κ3) is 6.27. The second-order valence-electron chi connectivity index (χ2n) is 7.91. The Morgan fingerprint density at radius 3 is 2.47 bits per heavy atom. The number of rotatable bonds is 8. The molecule has 0 fully saturated rings. The van der Waals surface area contributed by atoms with Crippen molar-refractivity contribution in [3.05, 3.63) is 92.5 Å². The first-order valence-electron chi connectivity index (χ1n) is 11.0. The second kappa shape index (κ2) is 11.5. The van der Waals surface area contributed by atoms with E-state index in [1.165, 1.54) is 17.2 Å². The average Bonchev–Trinajstić information content (AvgIpc) is 2.80. The number of amides is 1. The number of carbonyl (C=O) groups excluding carboxylic acids is 1. The zero-order valence-electron chi connectivity index (χ0n) is 19.7. The van der Waals surface area contributed by atoms with Crippen molar-refractivity contribution in [3.63, 3.8) is 0 Å². The number of benzene rings is 3. The Labute approximate surface area is 209 Å². The minimum absolute atomic E-state index is 0.0126. The van der Waals surface area contributed by atoms with Crippen LogP contribution in [-0.4, -0.2) is 12.5 Å². The molecule has 0 unspecified atom stereocenters. The fourth-order valence-corrected chi connectivity index (χ4v) is 3.92. The lowest BCUT2D eigenvalue weighted by molar-refractivity contribution is -0.112. The summed E-state index contributed by atoms with van der Waals surface area (Å²) >= 11 is 3.56. The predicted octanol–water partition coefficient (Wildman–Crippen LogP) is 6.90. The zero-order valence-corrected chi connectivity index (χ0v) is 21.3. The first-order chi connectivity index (χ1) is 16.3. The van der Waals surface area contributed by atoms with Gasteiger partial charge in [-0.3, -0.25) is 4.79 Å². The van der Waals surface area contributed by atoms with Gasteiger partial charge in [-0.25, -0.2) is 0 Å². The molecule has 3 rings (SSSR count). The molecule has 3 aromatic rings. The molecule has 3 aromatic carbocycles. The summed E-state index contributed by atoms with van der Waals surface area (Å²) in [5.74, 6) is 0.629. The molecule has 6 heteroatoms. The summed E-state index contributed by atoms with van der Waals surface area (Å²) in [5, 5.41) is 12.4. The molecule has 34 heavy (non-hydrogen) atoms. The molecule has 0 atom stereocenters. The predicted molar refractivity (Wildman–Crippen MR) is 139 cm³/mol. The summed E-state index contributed by atoms with van der Waals surface area (Å²) in [6.45, 7) is 8.76. The van der Waals surface area contributed by atoms with Crippen molar-refractivity contribution in [2.75, 3.05) is 11.9 Å². The van der Waals surface area contributed by atoms with E-state index in [1.807, 2.05) is 44.2 Å². The van der Waals surface area contributed by atoms with Gasteiger partial charge in [0.25, 0.3) is 5.91 Å². The standard InChI is InChI=1S/C28H27BrN2O3/c1-5-33-26-15-22(13-23(16-30)28(32)31-25-9-7-6-8-19(25)3)14-24(29)27(26)34-17-21-11-10-18(2)20(4)12-21/h6-15H,5,17H2,1-4H3,(H,31,32)/b23-13+. The molecule has 5 nitrogen and oxygen atoms in total. The summed E-state index contributed by atoms with van der Waals surface area (Å²) in [4.78, 5) is 12.7. The van der Waals surface area contributed by atoms with E-state index in [4.69, 9.17) is 9.47 Å². The van der Waals surface area contributed by atoms with E-state index in [1.54, 1.807) is 18.2 Å². The van der Waals surface area contributed by atoms with Gasteiger partial charge < -0.3 is 14.8 Å².